The standard InChI is InChI=1S/C19H40O2Si/c1-7-8-9-10-11-12-13-14-15-17(18-16-20-18)21-22(5,6)19(2,3)4/h17-18H,7-16H2,1-6H3/t17-,18-/m0/s1. The van der Waals surface area contributed by atoms with Crippen LogP contribution in [0.5, 0.6) is 0 Å². The number of ether oxygens (including phenoxy) is 1. The van der Waals surface area contributed by atoms with Crippen LogP contribution >= 0.6 is 0 Å². The van der Waals surface area contributed by atoms with E-state index in [4.69, 9.17) is 9.16 Å². The third kappa shape index (κ3) is 7.61. The third-order valence-electron chi connectivity index (χ3n) is 5.37. The maximum atomic E-state index is 6.60. The largest absolute Gasteiger partial charge is 0.411 e. The summed E-state index contributed by atoms with van der Waals surface area (Å²) >= 11 is 0. The van der Waals surface area contributed by atoms with Gasteiger partial charge in [0.05, 0.1) is 12.7 Å². The molecule has 3 heteroatoms. The smallest absolute Gasteiger partial charge is 0.192 e. The first kappa shape index (κ1) is 20.2. The molecular formula is C19H40O2Si. The lowest BCUT2D eigenvalue weighted by molar-refractivity contribution is 0.131. The maximum Gasteiger partial charge on any atom is 0.192 e. The first-order valence-corrected chi connectivity index (χ1v) is 12.5. The van der Waals surface area contributed by atoms with Gasteiger partial charge in [-0.3, -0.25) is 0 Å². The first-order valence-electron chi connectivity index (χ1n) is 9.57. The van der Waals surface area contributed by atoms with Crippen LogP contribution in [-0.2, 0) is 9.16 Å². The minimum Gasteiger partial charge on any atom is -0.411 e. The van der Waals surface area contributed by atoms with Crippen molar-refractivity contribution in [3.05, 3.63) is 0 Å². The van der Waals surface area contributed by atoms with Crippen molar-refractivity contribution >= 4 is 8.32 Å². The minimum atomic E-state index is -1.66. The minimum absolute atomic E-state index is 0.291. The van der Waals surface area contributed by atoms with Gasteiger partial charge in [0.1, 0.15) is 6.10 Å². The van der Waals surface area contributed by atoms with Gasteiger partial charge in [-0.2, -0.15) is 0 Å². The number of epoxide rings is 1. The lowest BCUT2D eigenvalue weighted by atomic mass is 10.0. The van der Waals surface area contributed by atoms with Crippen LogP contribution in [0.4, 0.5) is 0 Å². The highest BCUT2D eigenvalue weighted by molar-refractivity contribution is 6.74. The van der Waals surface area contributed by atoms with Crippen LogP contribution in [0.3, 0.4) is 0 Å². The van der Waals surface area contributed by atoms with Crippen LogP contribution in [0.15, 0.2) is 0 Å². The summed E-state index contributed by atoms with van der Waals surface area (Å²) in [6.45, 7) is 14.9. The van der Waals surface area contributed by atoms with E-state index in [-0.39, 0.29) is 0 Å². The van der Waals surface area contributed by atoms with Crippen molar-refractivity contribution in [3.8, 4) is 0 Å². The van der Waals surface area contributed by atoms with Gasteiger partial charge in [0.2, 0.25) is 0 Å². The zero-order valence-electron chi connectivity index (χ0n) is 16.0. The van der Waals surface area contributed by atoms with Crippen LogP contribution in [0.25, 0.3) is 0 Å². The van der Waals surface area contributed by atoms with E-state index < -0.39 is 8.32 Å². The Labute approximate surface area is 140 Å². The molecule has 0 aromatic rings. The van der Waals surface area contributed by atoms with Gasteiger partial charge in [-0.15, -0.1) is 0 Å². The lowest BCUT2D eigenvalue weighted by Gasteiger charge is -2.39. The molecule has 2 nitrogen and oxygen atoms in total. The Bertz CT molecular complexity index is 292. The summed E-state index contributed by atoms with van der Waals surface area (Å²) in [6, 6.07) is 0. The van der Waals surface area contributed by atoms with Crippen LogP contribution in [0, 0.1) is 0 Å². The van der Waals surface area contributed by atoms with E-state index in [2.05, 4.69) is 40.8 Å². The predicted molar refractivity (Wildman–Crippen MR) is 99.0 cm³/mol. The van der Waals surface area contributed by atoms with Crippen LogP contribution in [0.2, 0.25) is 18.1 Å². The van der Waals surface area contributed by atoms with E-state index in [1.807, 2.05) is 0 Å². The second-order valence-electron chi connectivity index (χ2n) is 8.55. The van der Waals surface area contributed by atoms with Crippen molar-refractivity contribution in [1.82, 2.24) is 0 Å². The van der Waals surface area contributed by atoms with E-state index in [0.717, 1.165) is 6.61 Å². The van der Waals surface area contributed by atoms with Crippen molar-refractivity contribution in [2.45, 2.75) is 116 Å². The molecular weight excluding hydrogens is 288 g/mol. The van der Waals surface area contributed by atoms with E-state index in [1.54, 1.807) is 0 Å². The normalized spacial score (nSPS) is 20.2. The van der Waals surface area contributed by atoms with Gasteiger partial charge in [-0.05, 0) is 24.6 Å². The fraction of sp³-hybridized carbons (Fsp3) is 1.00. The number of unbranched alkanes of at least 4 members (excludes halogenated alkanes) is 7. The van der Waals surface area contributed by atoms with E-state index >= 15 is 0 Å². The first-order chi connectivity index (χ1) is 10.3. The molecule has 0 aliphatic carbocycles. The summed E-state index contributed by atoms with van der Waals surface area (Å²) in [5.74, 6) is 0. The molecule has 0 spiro atoms. The maximum absolute atomic E-state index is 6.60. The average Bonchev–Trinajstić information content (AvgIpc) is 3.23. The Balaban J connectivity index is 2.20. The van der Waals surface area contributed by atoms with E-state index in [0.29, 0.717) is 17.2 Å². The Morgan fingerprint density at radius 2 is 1.50 bits per heavy atom. The second-order valence-corrected chi connectivity index (χ2v) is 13.3. The van der Waals surface area contributed by atoms with E-state index in [1.165, 1.54) is 57.8 Å². The highest BCUT2D eigenvalue weighted by atomic mass is 28.4. The topological polar surface area (TPSA) is 21.8 Å². The predicted octanol–water partition coefficient (Wildman–Crippen LogP) is 6.31. The van der Waals surface area contributed by atoms with Gasteiger partial charge in [-0.1, -0.05) is 79.1 Å². The summed E-state index contributed by atoms with van der Waals surface area (Å²) in [7, 11) is -1.66. The molecule has 0 aromatic heterocycles. The van der Waals surface area contributed by atoms with Gasteiger partial charge in [0, 0.05) is 0 Å². The van der Waals surface area contributed by atoms with Crippen molar-refractivity contribution in [3.63, 3.8) is 0 Å². The Hall–Kier alpha value is 0.137. The number of rotatable bonds is 12. The van der Waals surface area contributed by atoms with Gasteiger partial charge in [0.15, 0.2) is 8.32 Å². The zero-order valence-corrected chi connectivity index (χ0v) is 17.0. The second kappa shape index (κ2) is 9.44. The fourth-order valence-corrected chi connectivity index (χ4v) is 4.01. The molecule has 1 heterocycles. The van der Waals surface area contributed by atoms with Crippen molar-refractivity contribution in [2.75, 3.05) is 6.61 Å². The monoisotopic (exact) mass is 328 g/mol. The summed E-state index contributed by atoms with van der Waals surface area (Å²) < 4.78 is 12.1. The highest BCUT2D eigenvalue weighted by Gasteiger charge is 2.43. The van der Waals surface area contributed by atoms with E-state index in [9.17, 15) is 0 Å². The summed E-state index contributed by atoms with van der Waals surface area (Å²) in [6.07, 6.45) is 13.0. The molecule has 1 fully saturated rings. The molecule has 0 aromatic carbocycles. The molecule has 0 amide bonds. The summed E-state index contributed by atoms with van der Waals surface area (Å²) in [5, 5.41) is 0.291. The lowest BCUT2D eigenvalue weighted by Crippen LogP contribution is -2.45. The molecule has 132 valence electrons. The Morgan fingerprint density at radius 3 is 1.95 bits per heavy atom. The van der Waals surface area contributed by atoms with Crippen LogP contribution in [-0.4, -0.2) is 27.1 Å². The van der Waals surface area contributed by atoms with Gasteiger partial charge < -0.3 is 9.16 Å². The molecule has 1 saturated heterocycles. The Kier molecular flexibility index (Phi) is 8.66. The molecule has 0 saturated carbocycles. The van der Waals surface area contributed by atoms with Crippen molar-refractivity contribution in [1.29, 1.82) is 0 Å². The average molecular weight is 329 g/mol. The Morgan fingerprint density at radius 1 is 1.00 bits per heavy atom. The highest BCUT2D eigenvalue weighted by Crippen LogP contribution is 2.39. The molecule has 2 atom stereocenters. The number of hydrogen-bond donors (Lipinski definition) is 0. The van der Waals surface area contributed by atoms with Crippen molar-refractivity contribution in [2.24, 2.45) is 0 Å². The molecule has 0 bridgehead atoms. The van der Waals surface area contributed by atoms with Gasteiger partial charge in [-0.25, -0.2) is 0 Å². The zero-order chi connectivity index (χ0) is 16.6. The van der Waals surface area contributed by atoms with Crippen LogP contribution < -0.4 is 0 Å². The molecule has 0 N–H and O–H groups in total. The third-order valence-corrected chi connectivity index (χ3v) is 9.87. The molecule has 22 heavy (non-hydrogen) atoms. The number of hydrogen-bond acceptors (Lipinski definition) is 2. The molecule has 1 aliphatic rings. The van der Waals surface area contributed by atoms with Crippen LogP contribution in [0.1, 0.15) is 85.5 Å². The molecule has 1 rings (SSSR count). The summed E-state index contributed by atoms with van der Waals surface area (Å²) in [4.78, 5) is 0. The fourth-order valence-electron chi connectivity index (χ4n) is 2.63. The van der Waals surface area contributed by atoms with Gasteiger partial charge in [0.25, 0.3) is 0 Å². The quantitative estimate of drug-likeness (QED) is 0.238. The molecule has 0 unspecified atom stereocenters. The SMILES string of the molecule is CCCCCCCCCC[C@H](O[Si](C)(C)C(C)(C)C)[C@@H]1CO1. The molecule has 1 aliphatic heterocycles. The summed E-state index contributed by atoms with van der Waals surface area (Å²) in [5.41, 5.74) is 0. The van der Waals surface area contributed by atoms with Crippen molar-refractivity contribution < 1.29 is 9.16 Å². The molecule has 0 radical (unpaired) electrons. The van der Waals surface area contributed by atoms with Gasteiger partial charge >= 0.3 is 0 Å².